The van der Waals surface area contributed by atoms with E-state index < -0.39 is 0 Å². The van der Waals surface area contributed by atoms with Gasteiger partial charge in [0.05, 0.1) is 17.7 Å². The van der Waals surface area contributed by atoms with Crippen LogP contribution in [0.5, 0.6) is 11.5 Å². The number of benzene rings is 1. The third-order valence-electron chi connectivity index (χ3n) is 3.42. The highest BCUT2D eigenvalue weighted by Crippen LogP contribution is 2.38. The van der Waals surface area contributed by atoms with E-state index >= 15 is 0 Å². The molecule has 1 saturated carbocycles. The molecule has 1 aromatic carbocycles. The molecule has 0 aromatic heterocycles. The minimum atomic E-state index is 0.649. The lowest BCUT2D eigenvalue weighted by atomic mass is 10.2. The molecular weight excluding hydrogens is 318 g/mol. The van der Waals surface area contributed by atoms with Crippen molar-refractivity contribution in [1.82, 2.24) is 5.32 Å². The van der Waals surface area contributed by atoms with Crippen molar-refractivity contribution in [2.75, 3.05) is 19.8 Å². The van der Waals surface area contributed by atoms with Crippen LogP contribution in [0.4, 0.5) is 0 Å². The average molecular weight is 342 g/mol. The van der Waals surface area contributed by atoms with Gasteiger partial charge < -0.3 is 14.8 Å². The molecule has 112 valence electrons. The van der Waals surface area contributed by atoms with Crippen molar-refractivity contribution >= 4 is 15.9 Å². The van der Waals surface area contributed by atoms with E-state index in [1.54, 1.807) is 0 Å². The van der Waals surface area contributed by atoms with Gasteiger partial charge in [0.25, 0.3) is 0 Å². The van der Waals surface area contributed by atoms with Gasteiger partial charge in [-0.2, -0.15) is 0 Å². The van der Waals surface area contributed by atoms with Gasteiger partial charge in [0.2, 0.25) is 0 Å². The van der Waals surface area contributed by atoms with Crippen LogP contribution in [0.25, 0.3) is 0 Å². The maximum atomic E-state index is 5.94. The first-order valence-electron chi connectivity index (χ1n) is 7.53. The summed E-state index contributed by atoms with van der Waals surface area (Å²) in [6.45, 7) is 7.33. The second-order valence-electron chi connectivity index (χ2n) is 5.20. The lowest BCUT2D eigenvalue weighted by molar-refractivity contribution is 0.267. The number of rotatable bonds is 9. The highest BCUT2D eigenvalue weighted by molar-refractivity contribution is 9.10. The van der Waals surface area contributed by atoms with Crippen LogP contribution >= 0.6 is 15.9 Å². The molecule has 0 unspecified atom stereocenters. The van der Waals surface area contributed by atoms with Crippen molar-refractivity contribution < 1.29 is 9.47 Å². The van der Waals surface area contributed by atoms with E-state index in [1.807, 2.05) is 6.92 Å². The molecule has 3 nitrogen and oxygen atoms in total. The Bertz CT molecular complexity index is 433. The van der Waals surface area contributed by atoms with Gasteiger partial charge in [0.15, 0.2) is 11.5 Å². The Hall–Kier alpha value is -0.740. The molecule has 1 aromatic rings. The minimum absolute atomic E-state index is 0.649. The molecule has 1 aliphatic carbocycles. The fraction of sp³-hybridized carbons (Fsp3) is 0.625. The van der Waals surface area contributed by atoms with Gasteiger partial charge >= 0.3 is 0 Å². The van der Waals surface area contributed by atoms with Crippen LogP contribution in [0.3, 0.4) is 0 Å². The summed E-state index contributed by atoms with van der Waals surface area (Å²) < 4.78 is 12.6. The normalized spacial score (nSPS) is 14.3. The number of ether oxygens (including phenoxy) is 2. The topological polar surface area (TPSA) is 30.5 Å². The molecule has 0 aliphatic heterocycles. The zero-order valence-electron chi connectivity index (χ0n) is 12.4. The standard InChI is InChI=1S/C16H24BrNO2/c1-3-18-11-13-9-14(17)16(15(10-13)19-4-2)20-8-7-12-5-6-12/h9-10,12,18H,3-8,11H2,1-2H3. The van der Waals surface area contributed by atoms with Crippen molar-refractivity contribution in [2.24, 2.45) is 5.92 Å². The van der Waals surface area contributed by atoms with Gasteiger partial charge in [-0.1, -0.05) is 19.8 Å². The molecule has 20 heavy (non-hydrogen) atoms. The lowest BCUT2D eigenvalue weighted by Gasteiger charge is -2.15. The molecule has 0 heterocycles. The van der Waals surface area contributed by atoms with Crippen molar-refractivity contribution in [3.05, 3.63) is 22.2 Å². The Labute approximate surface area is 130 Å². The summed E-state index contributed by atoms with van der Waals surface area (Å²) >= 11 is 3.61. The number of halogens is 1. The van der Waals surface area contributed by atoms with E-state index in [2.05, 4.69) is 40.3 Å². The smallest absolute Gasteiger partial charge is 0.175 e. The monoisotopic (exact) mass is 341 g/mol. The van der Waals surface area contributed by atoms with Gasteiger partial charge in [-0.25, -0.2) is 0 Å². The molecule has 2 rings (SSSR count). The number of nitrogens with one attached hydrogen (secondary N) is 1. The van der Waals surface area contributed by atoms with Gasteiger partial charge in [0, 0.05) is 6.54 Å². The second kappa shape index (κ2) is 7.89. The Morgan fingerprint density at radius 3 is 2.70 bits per heavy atom. The zero-order chi connectivity index (χ0) is 14.4. The Morgan fingerprint density at radius 2 is 2.05 bits per heavy atom. The molecule has 0 radical (unpaired) electrons. The molecule has 0 saturated heterocycles. The predicted octanol–water partition coefficient (Wildman–Crippen LogP) is 4.14. The van der Waals surface area contributed by atoms with Crippen LogP contribution in [0.2, 0.25) is 0 Å². The Kier molecular flexibility index (Phi) is 6.17. The third kappa shape index (κ3) is 4.67. The van der Waals surface area contributed by atoms with E-state index in [4.69, 9.17) is 9.47 Å². The summed E-state index contributed by atoms with van der Waals surface area (Å²) in [5.74, 6) is 2.57. The van der Waals surface area contributed by atoms with Gasteiger partial charge in [-0.3, -0.25) is 0 Å². The fourth-order valence-electron chi connectivity index (χ4n) is 2.13. The maximum absolute atomic E-state index is 5.94. The predicted molar refractivity (Wildman–Crippen MR) is 85.5 cm³/mol. The molecule has 0 bridgehead atoms. The Balaban J connectivity index is 2.05. The van der Waals surface area contributed by atoms with E-state index in [0.29, 0.717) is 6.61 Å². The molecular formula is C16H24BrNO2. The summed E-state index contributed by atoms with van der Waals surface area (Å²) in [5, 5.41) is 3.33. The summed E-state index contributed by atoms with van der Waals surface area (Å²) in [6, 6.07) is 4.18. The van der Waals surface area contributed by atoms with Crippen LogP contribution in [-0.2, 0) is 6.54 Å². The molecule has 0 spiro atoms. The van der Waals surface area contributed by atoms with Gasteiger partial charge in [-0.15, -0.1) is 0 Å². The zero-order valence-corrected chi connectivity index (χ0v) is 14.0. The van der Waals surface area contributed by atoms with Crippen LogP contribution < -0.4 is 14.8 Å². The van der Waals surface area contributed by atoms with Crippen LogP contribution in [-0.4, -0.2) is 19.8 Å². The summed E-state index contributed by atoms with van der Waals surface area (Å²) in [4.78, 5) is 0. The first kappa shape index (κ1) is 15.6. The van der Waals surface area contributed by atoms with Crippen LogP contribution in [0.15, 0.2) is 16.6 Å². The molecule has 0 atom stereocenters. The highest BCUT2D eigenvalue weighted by Gasteiger charge is 2.21. The van der Waals surface area contributed by atoms with Crippen molar-refractivity contribution in [2.45, 2.75) is 39.7 Å². The molecule has 1 N–H and O–H groups in total. The fourth-order valence-corrected chi connectivity index (χ4v) is 2.73. The van der Waals surface area contributed by atoms with Crippen LogP contribution in [0, 0.1) is 5.92 Å². The van der Waals surface area contributed by atoms with Crippen molar-refractivity contribution in [3.63, 3.8) is 0 Å². The summed E-state index contributed by atoms with van der Waals surface area (Å²) in [6.07, 6.45) is 3.88. The first-order valence-corrected chi connectivity index (χ1v) is 8.32. The SMILES string of the molecule is CCNCc1cc(Br)c(OCCC2CC2)c(OCC)c1. The third-order valence-corrected chi connectivity index (χ3v) is 4.01. The molecule has 0 amide bonds. The van der Waals surface area contributed by atoms with E-state index in [-0.39, 0.29) is 0 Å². The second-order valence-corrected chi connectivity index (χ2v) is 6.05. The molecule has 4 heteroatoms. The first-order chi connectivity index (χ1) is 9.74. The lowest BCUT2D eigenvalue weighted by Crippen LogP contribution is -2.12. The van der Waals surface area contributed by atoms with Gasteiger partial charge in [-0.05, 0) is 59.4 Å². The van der Waals surface area contributed by atoms with E-state index in [9.17, 15) is 0 Å². The number of hydrogen-bond acceptors (Lipinski definition) is 3. The van der Waals surface area contributed by atoms with Crippen molar-refractivity contribution in [3.8, 4) is 11.5 Å². The van der Waals surface area contributed by atoms with E-state index in [1.165, 1.54) is 18.4 Å². The quantitative estimate of drug-likeness (QED) is 0.732. The highest BCUT2D eigenvalue weighted by atomic mass is 79.9. The van der Waals surface area contributed by atoms with E-state index in [0.717, 1.165) is 48.0 Å². The average Bonchev–Trinajstić information content (AvgIpc) is 3.24. The minimum Gasteiger partial charge on any atom is -0.490 e. The molecule has 1 fully saturated rings. The van der Waals surface area contributed by atoms with Gasteiger partial charge in [0.1, 0.15) is 0 Å². The summed E-state index contributed by atoms with van der Waals surface area (Å²) in [7, 11) is 0. The number of hydrogen-bond donors (Lipinski definition) is 1. The Morgan fingerprint density at radius 1 is 1.25 bits per heavy atom. The van der Waals surface area contributed by atoms with Crippen molar-refractivity contribution in [1.29, 1.82) is 0 Å². The maximum Gasteiger partial charge on any atom is 0.175 e. The summed E-state index contributed by atoms with van der Waals surface area (Å²) in [5.41, 5.74) is 1.21. The largest absolute Gasteiger partial charge is 0.490 e. The van der Waals surface area contributed by atoms with Crippen LogP contribution in [0.1, 0.15) is 38.7 Å². The molecule has 1 aliphatic rings.